The van der Waals surface area contributed by atoms with E-state index in [9.17, 15) is 5.26 Å². The van der Waals surface area contributed by atoms with Crippen molar-refractivity contribution in [3.8, 4) is 17.5 Å². The third-order valence-corrected chi connectivity index (χ3v) is 4.37. The summed E-state index contributed by atoms with van der Waals surface area (Å²) in [5.74, 6) is 0.665. The van der Waals surface area contributed by atoms with Gasteiger partial charge < -0.3 is 9.84 Å². The molecule has 5 heteroatoms. The minimum Gasteiger partial charge on any atom is -0.356 e. The molecule has 0 fully saturated rings. The van der Waals surface area contributed by atoms with Crippen molar-refractivity contribution in [2.24, 2.45) is 0 Å². The molecule has 1 heterocycles. The summed E-state index contributed by atoms with van der Waals surface area (Å²) >= 11 is 0. The lowest BCUT2D eigenvalue weighted by Gasteiger charge is -2.06. The quantitative estimate of drug-likeness (QED) is 0.441. The van der Waals surface area contributed by atoms with Crippen LogP contribution in [0.15, 0.2) is 83.4 Å². The SMILES string of the molecule is Cc1ccc(-c2noc(/C(C#N)=C/c3ccc(Nc4ccccc4)cc3)n2)cc1. The molecule has 29 heavy (non-hydrogen) atoms. The van der Waals surface area contributed by atoms with Crippen LogP contribution in [0.2, 0.25) is 0 Å². The molecule has 1 aromatic heterocycles. The van der Waals surface area contributed by atoms with Gasteiger partial charge in [-0.2, -0.15) is 10.2 Å². The summed E-state index contributed by atoms with van der Waals surface area (Å²) in [4.78, 5) is 4.37. The molecule has 0 atom stereocenters. The molecule has 0 radical (unpaired) electrons. The van der Waals surface area contributed by atoms with Gasteiger partial charge in [0.15, 0.2) is 0 Å². The molecule has 5 nitrogen and oxygen atoms in total. The number of rotatable bonds is 5. The summed E-state index contributed by atoms with van der Waals surface area (Å²) < 4.78 is 5.31. The highest BCUT2D eigenvalue weighted by molar-refractivity contribution is 5.87. The first-order valence-electron chi connectivity index (χ1n) is 9.16. The summed E-state index contributed by atoms with van der Waals surface area (Å²) in [5, 5.41) is 16.9. The maximum Gasteiger partial charge on any atom is 0.268 e. The molecular weight excluding hydrogens is 360 g/mol. The highest BCUT2D eigenvalue weighted by Crippen LogP contribution is 2.23. The van der Waals surface area contributed by atoms with Gasteiger partial charge in [-0.25, -0.2) is 0 Å². The predicted octanol–water partition coefficient (Wildman–Crippen LogP) is 5.85. The molecule has 0 saturated carbocycles. The van der Waals surface area contributed by atoms with Gasteiger partial charge in [0.2, 0.25) is 5.82 Å². The van der Waals surface area contributed by atoms with Crippen LogP contribution in [0, 0.1) is 18.3 Å². The molecule has 0 aliphatic heterocycles. The maximum atomic E-state index is 9.55. The van der Waals surface area contributed by atoms with Gasteiger partial charge in [-0.15, -0.1) is 0 Å². The van der Waals surface area contributed by atoms with Crippen LogP contribution in [-0.2, 0) is 0 Å². The Morgan fingerprint density at radius 3 is 2.31 bits per heavy atom. The van der Waals surface area contributed by atoms with Crippen LogP contribution in [0.3, 0.4) is 0 Å². The lowest BCUT2D eigenvalue weighted by molar-refractivity contribution is 0.409. The van der Waals surface area contributed by atoms with Gasteiger partial charge in [-0.05, 0) is 42.8 Å². The second-order valence-electron chi connectivity index (χ2n) is 6.57. The molecule has 0 spiro atoms. The van der Waals surface area contributed by atoms with Crippen LogP contribution in [0.25, 0.3) is 23.0 Å². The topological polar surface area (TPSA) is 74.7 Å². The molecule has 0 saturated heterocycles. The monoisotopic (exact) mass is 378 g/mol. The second-order valence-corrected chi connectivity index (χ2v) is 6.57. The molecule has 0 aliphatic carbocycles. The zero-order valence-electron chi connectivity index (χ0n) is 15.8. The third-order valence-electron chi connectivity index (χ3n) is 4.37. The van der Waals surface area contributed by atoms with Crippen LogP contribution in [-0.4, -0.2) is 10.1 Å². The standard InChI is InChI=1S/C24H18N4O/c1-17-7-11-19(12-8-17)23-27-24(29-28-23)20(16-25)15-18-9-13-22(14-10-18)26-21-5-3-2-4-6-21/h2-15,26H,1H3/b20-15+. The number of nitrogens with zero attached hydrogens (tertiary/aromatic N) is 3. The second kappa shape index (κ2) is 8.24. The van der Waals surface area contributed by atoms with E-state index in [1.54, 1.807) is 6.08 Å². The Kier molecular flexibility index (Phi) is 5.17. The smallest absolute Gasteiger partial charge is 0.268 e. The van der Waals surface area contributed by atoms with Crippen molar-refractivity contribution in [1.29, 1.82) is 5.26 Å². The van der Waals surface area contributed by atoms with E-state index in [-0.39, 0.29) is 5.89 Å². The van der Waals surface area contributed by atoms with Gasteiger partial charge in [0.05, 0.1) is 0 Å². The summed E-state index contributed by atoms with van der Waals surface area (Å²) in [6.07, 6.45) is 1.73. The number of aromatic nitrogens is 2. The van der Waals surface area contributed by atoms with Crippen LogP contribution in [0.5, 0.6) is 0 Å². The molecule has 140 valence electrons. The summed E-state index contributed by atoms with van der Waals surface area (Å²) in [6.45, 7) is 2.02. The lowest BCUT2D eigenvalue weighted by Crippen LogP contribution is -1.89. The van der Waals surface area contributed by atoms with E-state index in [0.29, 0.717) is 11.4 Å². The Bertz CT molecular complexity index is 1170. The number of aryl methyl sites for hydroxylation is 1. The molecular formula is C24H18N4O. The number of nitrogens with one attached hydrogen (secondary N) is 1. The average molecular weight is 378 g/mol. The Hall–Kier alpha value is -4.17. The maximum absolute atomic E-state index is 9.55. The lowest BCUT2D eigenvalue weighted by atomic mass is 10.1. The molecule has 0 bridgehead atoms. The normalized spacial score (nSPS) is 11.1. The first kappa shape index (κ1) is 18.2. The zero-order chi connectivity index (χ0) is 20.1. The molecule has 1 N–H and O–H groups in total. The fraction of sp³-hybridized carbons (Fsp3) is 0.0417. The molecule has 0 aliphatic rings. The van der Waals surface area contributed by atoms with E-state index in [1.807, 2.05) is 85.8 Å². The minimum atomic E-state index is 0.203. The van der Waals surface area contributed by atoms with Crippen molar-refractivity contribution in [3.05, 3.63) is 95.9 Å². The van der Waals surface area contributed by atoms with Crippen LogP contribution in [0.1, 0.15) is 17.0 Å². The fourth-order valence-electron chi connectivity index (χ4n) is 2.81. The van der Waals surface area contributed by atoms with E-state index in [1.165, 1.54) is 0 Å². The van der Waals surface area contributed by atoms with Gasteiger partial charge >= 0.3 is 0 Å². The molecule has 4 aromatic rings. The van der Waals surface area contributed by atoms with Crippen LogP contribution in [0.4, 0.5) is 11.4 Å². The number of hydrogen-bond acceptors (Lipinski definition) is 5. The third kappa shape index (κ3) is 4.40. The first-order valence-corrected chi connectivity index (χ1v) is 9.16. The van der Waals surface area contributed by atoms with Crippen molar-refractivity contribution in [2.45, 2.75) is 6.92 Å². The van der Waals surface area contributed by atoms with Crippen molar-refractivity contribution >= 4 is 23.0 Å². The number of allylic oxidation sites excluding steroid dienone is 1. The van der Waals surface area contributed by atoms with Crippen LogP contribution < -0.4 is 5.32 Å². The number of benzene rings is 3. The minimum absolute atomic E-state index is 0.203. The Balaban J connectivity index is 1.53. The fourth-order valence-corrected chi connectivity index (χ4v) is 2.81. The van der Waals surface area contributed by atoms with E-state index < -0.39 is 0 Å². The number of nitriles is 1. The van der Waals surface area contributed by atoms with Gasteiger partial charge in [0.1, 0.15) is 11.6 Å². The molecule has 3 aromatic carbocycles. The number of para-hydroxylation sites is 1. The zero-order valence-corrected chi connectivity index (χ0v) is 15.8. The number of anilines is 2. The summed E-state index contributed by atoms with van der Waals surface area (Å²) in [7, 11) is 0. The highest BCUT2D eigenvalue weighted by atomic mass is 16.5. The summed E-state index contributed by atoms with van der Waals surface area (Å²) in [6, 6.07) is 27.7. The van der Waals surface area contributed by atoms with Gasteiger partial charge in [-0.1, -0.05) is 65.3 Å². The van der Waals surface area contributed by atoms with E-state index in [0.717, 1.165) is 28.1 Å². The van der Waals surface area contributed by atoms with Crippen molar-refractivity contribution < 1.29 is 4.52 Å². The van der Waals surface area contributed by atoms with E-state index in [2.05, 4.69) is 21.5 Å². The highest BCUT2D eigenvalue weighted by Gasteiger charge is 2.13. The number of hydrogen-bond donors (Lipinski definition) is 1. The molecule has 4 rings (SSSR count). The van der Waals surface area contributed by atoms with Gasteiger partial charge in [-0.3, -0.25) is 0 Å². The van der Waals surface area contributed by atoms with Crippen molar-refractivity contribution in [2.75, 3.05) is 5.32 Å². The van der Waals surface area contributed by atoms with E-state index in [4.69, 9.17) is 4.52 Å². The van der Waals surface area contributed by atoms with Crippen LogP contribution >= 0.6 is 0 Å². The van der Waals surface area contributed by atoms with E-state index >= 15 is 0 Å². The largest absolute Gasteiger partial charge is 0.356 e. The Morgan fingerprint density at radius 1 is 0.931 bits per heavy atom. The average Bonchev–Trinajstić information content (AvgIpc) is 3.24. The first-order chi connectivity index (χ1) is 14.2. The van der Waals surface area contributed by atoms with Crippen molar-refractivity contribution in [3.63, 3.8) is 0 Å². The van der Waals surface area contributed by atoms with Gasteiger partial charge in [0.25, 0.3) is 5.89 Å². The molecule has 0 unspecified atom stereocenters. The van der Waals surface area contributed by atoms with Gasteiger partial charge in [0, 0.05) is 16.9 Å². The molecule has 0 amide bonds. The predicted molar refractivity (Wildman–Crippen MR) is 114 cm³/mol. The summed E-state index contributed by atoms with van der Waals surface area (Å²) in [5.41, 5.74) is 5.17. The Labute approximate surface area is 169 Å². The van der Waals surface area contributed by atoms with Crippen molar-refractivity contribution in [1.82, 2.24) is 10.1 Å². The Morgan fingerprint density at radius 2 is 1.62 bits per heavy atom.